The Hall–Kier alpha value is -1.92. The van der Waals surface area contributed by atoms with Crippen LogP contribution in [-0.2, 0) is 22.7 Å². The molecule has 1 aliphatic heterocycles. The van der Waals surface area contributed by atoms with E-state index in [1.165, 1.54) is 6.33 Å². The molecule has 1 aromatic heterocycles. The van der Waals surface area contributed by atoms with Crippen LogP contribution >= 0.6 is 0 Å². The Labute approximate surface area is 123 Å². The number of piperazine rings is 1. The molecule has 1 saturated carbocycles. The normalized spacial score (nSPS) is 29.7. The Morgan fingerprint density at radius 1 is 1.43 bits per heavy atom. The van der Waals surface area contributed by atoms with Crippen molar-refractivity contribution < 1.29 is 9.59 Å². The molecule has 2 unspecified atom stereocenters. The Kier molecular flexibility index (Phi) is 3.22. The van der Waals surface area contributed by atoms with Gasteiger partial charge in [-0.25, -0.2) is 9.67 Å². The molecule has 114 valence electrons. The van der Waals surface area contributed by atoms with Crippen LogP contribution in [0.4, 0.5) is 0 Å². The van der Waals surface area contributed by atoms with Crippen LogP contribution in [0.2, 0.25) is 0 Å². The fourth-order valence-electron chi connectivity index (χ4n) is 3.00. The molecule has 2 heterocycles. The highest BCUT2D eigenvalue weighted by molar-refractivity contribution is 5.99. The number of aromatic nitrogens is 3. The molecule has 0 radical (unpaired) electrons. The number of amides is 2. The second kappa shape index (κ2) is 4.82. The number of rotatable bonds is 4. The highest BCUT2D eigenvalue weighted by atomic mass is 16.2. The molecule has 3 rings (SSSR count). The highest BCUT2D eigenvalue weighted by Crippen LogP contribution is 2.42. The molecule has 2 fully saturated rings. The summed E-state index contributed by atoms with van der Waals surface area (Å²) >= 11 is 0. The summed E-state index contributed by atoms with van der Waals surface area (Å²) in [6.07, 6.45) is 3.48. The fourth-order valence-corrected chi connectivity index (χ4v) is 3.00. The zero-order chi connectivity index (χ0) is 15.2. The van der Waals surface area contributed by atoms with E-state index in [1.54, 1.807) is 16.5 Å². The predicted molar refractivity (Wildman–Crippen MR) is 75.0 cm³/mol. The van der Waals surface area contributed by atoms with E-state index < -0.39 is 11.6 Å². The number of nitrogens with zero attached hydrogens (tertiary/aromatic N) is 4. The molecule has 2 amide bonds. The molecule has 1 saturated heterocycles. The van der Waals surface area contributed by atoms with Gasteiger partial charge in [-0.2, -0.15) is 5.10 Å². The van der Waals surface area contributed by atoms with E-state index >= 15 is 0 Å². The van der Waals surface area contributed by atoms with Gasteiger partial charge >= 0.3 is 0 Å². The van der Waals surface area contributed by atoms with E-state index in [2.05, 4.69) is 15.4 Å². The third-order valence-corrected chi connectivity index (χ3v) is 4.64. The zero-order valence-electron chi connectivity index (χ0n) is 12.7. The summed E-state index contributed by atoms with van der Waals surface area (Å²) in [6.45, 7) is 6.59. The molecule has 2 aliphatic rings. The minimum atomic E-state index is -0.763. The van der Waals surface area contributed by atoms with Gasteiger partial charge in [0.05, 0.1) is 6.54 Å². The maximum atomic E-state index is 12.9. The fraction of sp³-hybridized carbons (Fsp3) is 0.714. The van der Waals surface area contributed by atoms with Gasteiger partial charge in [0, 0.05) is 6.54 Å². The Morgan fingerprint density at radius 3 is 2.76 bits per heavy atom. The van der Waals surface area contributed by atoms with Gasteiger partial charge in [0.1, 0.15) is 23.7 Å². The molecule has 2 atom stereocenters. The van der Waals surface area contributed by atoms with Crippen molar-refractivity contribution in [3.05, 3.63) is 12.2 Å². The zero-order valence-corrected chi connectivity index (χ0v) is 12.7. The Morgan fingerprint density at radius 2 is 2.14 bits per heavy atom. The number of hydrogen-bond acceptors (Lipinski definition) is 4. The van der Waals surface area contributed by atoms with Gasteiger partial charge in [-0.3, -0.25) is 9.59 Å². The smallest absolute Gasteiger partial charge is 0.249 e. The van der Waals surface area contributed by atoms with E-state index in [1.807, 2.05) is 13.8 Å². The van der Waals surface area contributed by atoms with Crippen molar-refractivity contribution in [2.45, 2.75) is 58.3 Å². The molecular weight excluding hydrogens is 270 g/mol. The monoisotopic (exact) mass is 291 g/mol. The van der Waals surface area contributed by atoms with Crippen LogP contribution in [0.3, 0.4) is 0 Å². The van der Waals surface area contributed by atoms with Gasteiger partial charge in [-0.1, -0.05) is 0 Å². The van der Waals surface area contributed by atoms with Crippen LogP contribution in [0.5, 0.6) is 0 Å². The standard InChI is InChI=1S/C14H21N5O2/c1-4-19-11(15-8-16-19)7-18-9(2)12(20)17-14(3,13(18)21)10-5-6-10/h8-10H,4-7H2,1-3H3,(H,17,20). The van der Waals surface area contributed by atoms with Gasteiger partial charge in [0.15, 0.2) is 0 Å². The first-order chi connectivity index (χ1) is 9.97. The lowest BCUT2D eigenvalue weighted by Gasteiger charge is -2.43. The van der Waals surface area contributed by atoms with Gasteiger partial charge in [-0.05, 0) is 39.5 Å². The molecule has 0 spiro atoms. The van der Waals surface area contributed by atoms with Gasteiger partial charge in [0.2, 0.25) is 11.8 Å². The van der Waals surface area contributed by atoms with Gasteiger partial charge in [-0.15, -0.1) is 0 Å². The minimum absolute atomic E-state index is 0.0113. The number of aryl methyl sites for hydroxylation is 1. The van der Waals surface area contributed by atoms with Crippen molar-refractivity contribution in [2.75, 3.05) is 0 Å². The summed E-state index contributed by atoms with van der Waals surface area (Å²) in [5.74, 6) is 0.868. The van der Waals surface area contributed by atoms with Gasteiger partial charge < -0.3 is 10.2 Å². The van der Waals surface area contributed by atoms with Crippen molar-refractivity contribution in [2.24, 2.45) is 5.92 Å². The molecule has 1 aliphatic carbocycles. The van der Waals surface area contributed by atoms with Crippen LogP contribution in [-0.4, -0.2) is 43.1 Å². The first-order valence-electron chi connectivity index (χ1n) is 7.47. The summed E-state index contributed by atoms with van der Waals surface area (Å²) in [7, 11) is 0. The van der Waals surface area contributed by atoms with Crippen LogP contribution < -0.4 is 5.32 Å². The van der Waals surface area contributed by atoms with Gasteiger partial charge in [0.25, 0.3) is 0 Å². The second-order valence-electron chi connectivity index (χ2n) is 6.07. The number of nitrogens with one attached hydrogen (secondary N) is 1. The van der Waals surface area contributed by atoms with Crippen molar-refractivity contribution in [3.63, 3.8) is 0 Å². The summed E-state index contributed by atoms with van der Waals surface area (Å²) in [5.41, 5.74) is -0.763. The lowest BCUT2D eigenvalue weighted by Crippen LogP contribution is -2.69. The van der Waals surface area contributed by atoms with Crippen LogP contribution in [0.25, 0.3) is 0 Å². The van der Waals surface area contributed by atoms with E-state index in [4.69, 9.17) is 0 Å². The molecule has 21 heavy (non-hydrogen) atoms. The van der Waals surface area contributed by atoms with Crippen LogP contribution in [0, 0.1) is 5.92 Å². The molecule has 1 N–H and O–H groups in total. The average Bonchev–Trinajstić information content (AvgIpc) is 3.22. The lowest BCUT2D eigenvalue weighted by molar-refractivity contribution is -0.155. The van der Waals surface area contributed by atoms with Crippen molar-refractivity contribution in [1.29, 1.82) is 0 Å². The summed E-state index contributed by atoms with van der Waals surface area (Å²) in [6, 6.07) is -0.480. The quantitative estimate of drug-likeness (QED) is 0.866. The summed E-state index contributed by atoms with van der Waals surface area (Å²) in [5, 5.41) is 7.04. The third kappa shape index (κ3) is 2.20. The van der Waals surface area contributed by atoms with E-state index in [-0.39, 0.29) is 17.7 Å². The molecule has 7 nitrogen and oxygen atoms in total. The molecule has 0 bridgehead atoms. The second-order valence-corrected chi connectivity index (χ2v) is 6.07. The molecular formula is C14H21N5O2. The predicted octanol–water partition coefficient (Wildman–Crippen LogP) is 0.314. The molecule has 0 aromatic carbocycles. The SMILES string of the molecule is CCn1ncnc1CN1C(=O)C(C)(C2CC2)NC(=O)C1C. The average molecular weight is 291 g/mol. The summed E-state index contributed by atoms with van der Waals surface area (Å²) in [4.78, 5) is 30.9. The maximum absolute atomic E-state index is 12.9. The first-order valence-corrected chi connectivity index (χ1v) is 7.47. The lowest BCUT2D eigenvalue weighted by atomic mass is 9.89. The topological polar surface area (TPSA) is 80.1 Å². The Balaban J connectivity index is 1.88. The first kappa shape index (κ1) is 14.0. The van der Waals surface area contributed by atoms with Crippen molar-refractivity contribution >= 4 is 11.8 Å². The minimum Gasteiger partial charge on any atom is -0.340 e. The van der Waals surface area contributed by atoms with E-state index in [0.29, 0.717) is 18.9 Å². The maximum Gasteiger partial charge on any atom is 0.249 e. The van der Waals surface area contributed by atoms with E-state index in [0.717, 1.165) is 12.8 Å². The number of hydrogen-bond donors (Lipinski definition) is 1. The van der Waals surface area contributed by atoms with E-state index in [9.17, 15) is 9.59 Å². The third-order valence-electron chi connectivity index (χ3n) is 4.64. The number of carbonyl (C=O) groups is 2. The highest BCUT2D eigenvalue weighted by Gasteiger charge is 2.54. The summed E-state index contributed by atoms with van der Waals surface area (Å²) < 4.78 is 1.75. The van der Waals surface area contributed by atoms with Crippen molar-refractivity contribution in [3.8, 4) is 0 Å². The molecule has 1 aromatic rings. The molecule has 7 heteroatoms. The Bertz CT molecular complexity index is 580. The van der Waals surface area contributed by atoms with Crippen LogP contribution in [0.15, 0.2) is 6.33 Å². The van der Waals surface area contributed by atoms with Crippen LogP contribution in [0.1, 0.15) is 39.4 Å². The largest absolute Gasteiger partial charge is 0.340 e. The van der Waals surface area contributed by atoms with Crippen molar-refractivity contribution in [1.82, 2.24) is 25.0 Å². The number of carbonyl (C=O) groups excluding carboxylic acids is 2.